The van der Waals surface area contributed by atoms with Gasteiger partial charge in [0.2, 0.25) is 0 Å². The molecule has 4 rings (SSSR count). The number of benzene rings is 2. The van der Waals surface area contributed by atoms with E-state index >= 15 is 0 Å². The Morgan fingerprint density at radius 3 is 2.14 bits per heavy atom. The predicted octanol–water partition coefficient (Wildman–Crippen LogP) is 3.85. The van der Waals surface area contributed by atoms with Crippen molar-refractivity contribution in [2.45, 2.75) is 33.8 Å². The lowest BCUT2D eigenvalue weighted by Gasteiger charge is -2.20. The van der Waals surface area contributed by atoms with Crippen molar-refractivity contribution in [1.82, 2.24) is 14.9 Å². The molecule has 0 aliphatic carbocycles. The number of aryl methyl sites for hydroxylation is 2. The van der Waals surface area contributed by atoms with Gasteiger partial charge in [-0.25, -0.2) is 8.42 Å². The minimum absolute atomic E-state index is 0.0485. The molecule has 0 amide bonds. The van der Waals surface area contributed by atoms with E-state index < -0.39 is 17.0 Å². The second-order valence-corrected chi connectivity index (χ2v) is 12.3. The van der Waals surface area contributed by atoms with E-state index in [0.29, 0.717) is 24.2 Å². The van der Waals surface area contributed by atoms with Crippen LogP contribution in [-0.4, -0.2) is 66.3 Å². The van der Waals surface area contributed by atoms with Crippen LogP contribution in [0.4, 0.5) is 0 Å². The van der Waals surface area contributed by atoms with Crippen molar-refractivity contribution in [2.75, 3.05) is 25.7 Å². The number of hydrogen-bond acceptors (Lipinski definition) is 11. The van der Waals surface area contributed by atoms with Gasteiger partial charge in [-0.3, -0.25) is 0 Å². The molecule has 0 spiro atoms. The highest BCUT2D eigenvalue weighted by Gasteiger charge is 2.29. The molecule has 0 unspecified atom stereocenters. The summed E-state index contributed by atoms with van der Waals surface area (Å²) in [4.78, 5) is 10.4. The number of aliphatic hydroxyl groups excluding tert-OH is 2. The zero-order chi connectivity index (χ0) is 30.4. The molecule has 1 aliphatic heterocycles. The quantitative estimate of drug-likeness (QED) is 0.261. The molecular weight excluding hydrogens is 561 g/mol. The second kappa shape index (κ2) is 13.1. The predicted molar refractivity (Wildman–Crippen MR) is 159 cm³/mol. The zero-order valence-corrected chi connectivity index (χ0v) is 25.0. The second-order valence-electron chi connectivity index (χ2n) is 10.00. The molecule has 1 aliphatic rings. The van der Waals surface area contributed by atoms with Crippen LogP contribution < -0.4 is 14.9 Å². The van der Waals surface area contributed by atoms with E-state index in [1.807, 2.05) is 39.0 Å². The minimum Gasteiger partial charge on any atom is -0.494 e. The van der Waals surface area contributed by atoms with Gasteiger partial charge in [-0.15, -0.1) is 0 Å². The van der Waals surface area contributed by atoms with Gasteiger partial charge in [0.1, 0.15) is 22.2 Å². The van der Waals surface area contributed by atoms with Crippen LogP contribution in [0.1, 0.15) is 28.9 Å². The lowest BCUT2D eigenvalue weighted by atomic mass is 9.79. The third kappa shape index (κ3) is 8.09. The molecule has 1 aromatic heterocycles. The average molecular weight is 595 g/mol. The van der Waals surface area contributed by atoms with Crippen LogP contribution in [0.25, 0.3) is 11.1 Å². The highest BCUT2D eigenvalue weighted by molar-refractivity contribution is 7.90. The molecule has 0 radical (unpaired) electrons. The molecule has 2 heterocycles. The molecule has 0 bridgehead atoms. The highest BCUT2D eigenvalue weighted by atomic mass is 32.2. The minimum atomic E-state index is -3.05. The monoisotopic (exact) mass is 595 g/mol. The first kappa shape index (κ1) is 30.6. The molecule has 2 aromatic carbocycles. The lowest BCUT2D eigenvalue weighted by Crippen LogP contribution is -2.37. The van der Waals surface area contributed by atoms with Gasteiger partial charge < -0.3 is 33.9 Å². The van der Waals surface area contributed by atoms with Gasteiger partial charge >= 0.3 is 13.1 Å². The van der Waals surface area contributed by atoms with Crippen LogP contribution in [0.2, 0.25) is 0 Å². The lowest BCUT2D eigenvalue weighted by molar-refractivity contribution is 0.124. The summed E-state index contributed by atoms with van der Waals surface area (Å²) in [6.07, 6.45) is 4.18. The molecule has 0 fully saturated rings. The SMILES string of the molecule is Cc1nc(OCCCS(C)(=O)=O)nc(C)c1-c1cccc(COc2ccc(B3OC(O)=CN(C)/C=C(/O)O3)cc2)c1C. The molecule has 3 aromatic rings. The van der Waals surface area contributed by atoms with Crippen molar-refractivity contribution in [3.05, 3.63) is 89.3 Å². The number of sulfone groups is 1. The van der Waals surface area contributed by atoms with Crippen LogP contribution in [0.3, 0.4) is 0 Å². The molecule has 13 heteroatoms. The maximum absolute atomic E-state index is 11.3. The van der Waals surface area contributed by atoms with E-state index in [1.165, 1.54) is 23.6 Å². The first-order valence-corrected chi connectivity index (χ1v) is 15.3. The highest BCUT2D eigenvalue weighted by Crippen LogP contribution is 2.31. The summed E-state index contributed by atoms with van der Waals surface area (Å²) in [5, 5.41) is 19.9. The first-order valence-electron chi connectivity index (χ1n) is 13.2. The Hall–Kier alpha value is -4.39. The average Bonchev–Trinajstić information content (AvgIpc) is 2.89. The summed E-state index contributed by atoms with van der Waals surface area (Å²) in [6.45, 7) is 6.34. The number of rotatable bonds is 10. The van der Waals surface area contributed by atoms with Crippen LogP contribution in [0.5, 0.6) is 11.8 Å². The molecule has 11 nitrogen and oxygen atoms in total. The van der Waals surface area contributed by atoms with E-state index in [2.05, 4.69) is 9.97 Å². The van der Waals surface area contributed by atoms with Gasteiger partial charge in [0.25, 0.3) is 11.9 Å². The normalized spacial score (nSPS) is 15.0. The molecule has 42 heavy (non-hydrogen) atoms. The van der Waals surface area contributed by atoms with Gasteiger partial charge in [-0.1, -0.05) is 30.3 Å². The standard InChI is InChI=1S/C29H34BN3O8S/c1-19-22(18-39-24-12-10-23(11-13-24)30-40-26(34)16-33(4)17-27(35)41-30)8-6-9-25(19)28-20(2)31-29(32-21(28)3)38-14-7-15-42(5,36)37/h6,8-13,16-17,34-35H,7,14-15,18H2,1-5H3/b26-16-,27-17?. The van der Waals surface area contributed by atoms with Crippen molar-refractivity contribution in [3.8, 4) is 22.9 Å². The number of aromatic nitrogens is 2. The maximum Gasteiger partial charge on any atom is 0.636 e. The maximum atomic E-state index is 11.3. The summed E-state index contributed by atoms with van der Waals surface area (Å²) >= 11 is 0. The molecule has 0 atom stereocenters. The Kier molecular flexibility index (Phi) is 9.51. The molecule has 0 saturated carbocycles. The molecule has 0 saturated heterocycles. The third-order valence-electron chi connectivity index (χ3n) is 6.49. The third-order valence-corrected chi connectivity index (χ3v) is 7.52. The van der Waals surface area contributed by atoms with Gasteiger partial charge in [0.15, 0.2) is 0 Å². The fourth-order valence-corrected chi connectivity index (χ4v) is 5.09. The van der Waals surface area contributed by atoms with Crippen LogP contribution >= 0.6 is 0 Å². The van der Waals surface area contributed by atoms with Crippen LogP contribution in [-0.2, 0) is 25.8 Å². The zero-order valence-electron chi connectivity index (χ0n) is 24.2. The van der Waals surface area contributed by atoms with Crippen molar-refractivity contribution in [3.63, 3.8) is 0 Å². The smallest absolute Gasteiger partial charge is 0.494 e. The van der Waals surface area contributed by atoms with E-state index in [1.54, 1.807) is 31.3 Å². The van der Waals surface area contributed by atoms with Crippen LogP contribution in [0.15, 0.2) is 66.8 Å². The molecular formula is C29H34BN3O8S. The topological polar surface area (TPSA) is 141 Å². The fraction of sp³-hybridized carbons (Fsp3) is 0.310. The summed E-state index contributed by atoms with van der Waals surface area (Å²) in [7, 11) is -2.48. The number of nitrogens with zero attached hydrogens (tertiary/aromatic N) is 3. The van der Waals surface area contributed by atoms with E-state index in [4.69, 9.17) is 18.8 Å². The van der Waals surface area contributed by atoms with Gasteiger partial charge in [-0.2, -0.15) is 9.97 Å². The van der Waals surface area contributed by atoms with Gasteiger partial charge in [0.05, 0.1) is 36.1 Å². The molecule has 2 N–H and O–H groups in total. The Morgan fingerprint density at radius 2 is 1.55 bits per heavy atom. The Bertz CT molecular complexity index is 1550. The van der Waals surface area contributed by atoms with Gasteiger partial charge in [-0.05, 0) is 56.0 Å². The summed E-state index contributed by atoms with van der Waals surface area (Å²) in [6, 6.07) is 13.2. The number of ether oxygens (including phenoxy) is 2. The van der Waals surface area contributed by atoms with Crippen molar-refractivity contribution in [2.24, 2.45) is 0 Å². The molecule has 222 valence electrons. The van der Waals surface area contributed by atoms with E-state index in [0.717, 1.165) is 33.6 Å². The fourth-order valence-electron chi connectivity index (χ4n) is 4.44. The van der Waals surface area contributed by atoms with E-state index in [-0.39, 0.29) is 30.3 Å². The van der Waals surface area contributed by atoms with Crippen LogP contribution in [0, 0.1) is 20.8 Å². The van der Waals surface area contributed by atoms with Crippen molar-refractivity contribution >= 4 is 22.4 Å². The Labute approximate surface area is 246 Å². The van der Waals surface area contributed by atoms with Crippen molar-refractivity contribution < 1.29 is 37.4 Å². The largest absolute Gasteiger partial charge is 0.636 e. The summed E-state index contributed by atoms with van der Waals surface area (Å²) < 4.78 is 45.1. The van der Waals surface area contributed by atoms with E-state index in [9.17, 15) is 18.6 Å². The number of aliphatic hydroxyl groups is 2. The van der Waals surface area contributed by atoms with Gasteiger partial charge in [0, 0.05) is 24.3 Å². The summed E-state index contributed by atoms with van der Waals surface area (Å²) in [5.41, 5.74) is 5.97. The number of hydrogen-bond donors (Lipinski definition) is 2. The Morgan fingerprint density at radius 1 is 0.929 bits per heavy atom. The first-order chi connectivity index (χ1) is 19.9. The van der Waals surface area contributed by atoms with Crippen molar-refractivity contribution in [1.29, 1.82) is 0 Å². The summed E-state index contributed by atoms with van der Waals surface area (Å²) in [5.74, 6) is -0.0525. The Balaban J connectivity index is 1.44.